The summed E-state index contributed by atoms with van der Waals surface area (Å²) in [6.07, 6.45) is 5.69. The van der Waals surface area contributed by atoms with Crippen molar-refractivity contribution >= 4 is 18.5 Å². The molecule has 0 spiro atoms. The van der Waals surface area contributed by atoms with Crippen molar-refractivity contribution in [2.75, 3.05) is 13.2 Å². The monoisotopic (exact) mass is 293 g/mol. The zero-order valence-electron chi connectivity index (χ0n) is 12.0. The predicted octanol–water partition coefficient (Wildman–Crippen LogP) is 3.05. The lowest BCUT2D eigenvalue weighted by Gasteiger charge is -2.34. The van der Waals surface area contributed by atoms with Crippen molar-refractivity contribution in [1.29, 1.82) is 0 Å². The van der Waals surface area contributed by atoms with Gasteiger partial charge in [0.1, 0.15) is 0 Å². The minimum absolute atomic E-state index is 0.0157. The van der Waals surface area contributed by atoms with Gasteiger partial charge in [0.05, 0.1) is 6.61 Å². The van der Waals surface area contributed by atoms with Gasteiger partial charge in [-0.1, -0.05) is 25.3 Å². The zero-order chi connectivity index (χ0) is 14.5. The molecule has 0 unspecified atom stereocenters. The number of nitrogens with zero attached hydrogens (tertiary/aromatic N) is 1. The number of amides is 1. The van der Waals surface area contributed by atoms with Gasteiger partial charge < -0.3 is 10.0 Å². The van der Waals surface area contributed by atoms with Crippen molar-refractivity contribution in [3.05, 3.63) is 29.3 Å². The van der Waals surface area contributed by atoms with E-state index in [1.165, 1.54) is 19.3 Å². The van der Waals surface area contributed by atoms with E-state index in [0.717, 1.165) is 23.3 Å². The van der Waals surface area contributed by atoms with Crippen molar-refractivity contribution in [1.82, 2.24) is 4.90 Å². The molecular weight excluding hydrogens is 270 g/mol. The van der Waals surface area contributed by atoms with E-state index in [1.54, 1.807) is 0 Å². The number of aliphatic hydroxyl groups excluding tert-OH is 1. The Morgan fingerprint density at radius 2 is 2.05 bits per heavy atom. The van der Waals surface area contributed by atoms with Crippen LogP contribution in [0.1, 0.15) is 48.0 Å². The minimum atomic E-state index is 0.0157. The van der Waals surface area contributed by atoms with Crippen LogP contribution >= 0.6 is 12.6 Å². The Labute approximate surface area is 126 Å². The maximum atomic E-state index is 12.8. The molecule has 3 nitrogen and oxygen atoms in total. The van der Waals surface area contributed by atoms with Crippen molar-refractivity contribution < 1.29 is 9.90 Å². The largest absolute Gasteiger partial charge is 0.395 e. The van der Waals surface area contributed by atoms with Gasteiger partial charge in [-0.05, 0) is 37.5 Å². The van der Waals surface area contributed by atoms with Gasteiger partial charge in [-0.3, -0.25) is 4.79 Å². The van der Waals surface area contributed by atoms with Gasteiger partial charge in [0.15, 0.2) is 0 Å². The van der Waals surface area contributed by atoms with Crippen LogP contribution in [0.5, 0.6) is 0 Å². The number of carbonyl (C=O) groups excluding carboxylic acids is 1. The molecule has 0 heterocycles. The van der Waals surface area contributed by atoms with Crippen LogP contribution in [-0.4, -0.2) is 35.1 Å². The average Bonchev–Trinajstić information content (AvgIpc) is 2.47. The normalized spacial score (nSPS) is 16.1. The molecule has 1 fully saturated rings. The quantitative estimate of drug-likeness (QED) is 0.838. The maximum absolute atomic E-state index is 12.8. The highest BCUT2D eigenvalue weighted by Gasteiger charge is 2.26. The molecule has 0 bridgehead atoms. The van der Waals surface area contributed by atoms with Gasteiger partial charge in [0.2, 0.25) is 0 Å². The van der Waals surface area contributed by atoms with E-state index in [4.69, 9.17) is 0 Å². The lowest BCUT2D eigenvalue weighted by molar-refractivity contribution is 0.0584. The van der Waals surface area contributed by atoms with Crippen LogP contribution in [0, 0.1) is 6.92 Å². The van der Waals surface area contributed by atoms with E-state index in [-0.39, 0.29) is 18.6 Å². The summed E-state index contributed by atoms with van der Waals surface area (Å²) >= 11 is 4.32. The molecule has 1 aliphatic rings. The molecule has 0 aromatic heterocycles. The molecular formula is C16H23NO2S. The smallest absolute Gasteiger partial charge is 0.254 e. The van der Waals surface area contributed by atoms with Gasteiger partial charge in [-0.25, -0.2) is 0 Å². The molecule has 0 aliphatic heterocycles. The number of thiol groups is 1. The predicted molar refractivity (Wildman–Crippen MR) is 83.4 cm³/mol. The molecule has 1 N–H and O–H groups in total. The fourth-order valence-electron chi connectivity index (χ4n) is 2.95. The summed E-state index contributed by atoms with van der Waals surface area (Å²) < 4.78 is 0. The Hall–Kier alpha value is -1.00. The lowest BCUT2D eigenvalue weighted by atomic mass is 9.93. The second-order valence-electron chi connectivity index (χ2n) is 5.51. The molecule has 1 aromatic carbocycles. The maximum Gasteiger partial charge on any atom is 0.254 e. The number of aliphatic hydroxyl groups is 1. The van der Waals surface area contributed by atoms with E-state index in [2.05, 4.69) is 12.6 Å². The molecule has 1 aliphatic carbocycles. The Morgan fingerprint density at radius 1 is 1.35 bits per heavy atom. The third-order valence-electron chi connectivity index (χ3n) is 4.07. The first-order valence-electron chi connectivity index (χ1n) is 7.35. The first kappa shape index (κ1) is 15.4. The highest BCUT2D eigenvalue weighted by molar-refractivity contribution is 7.80. The molecule has 1 aromatic rings. The fraction of sp³-hybridized carbons (Fsp3) is 0.562. The molecule has 20 heavy (non-hydrogen) atoms. The molecule has 1 amide bonds. The molecule has 110 valence electrons. The summed E-state index contributed by atoms with van der Waals surface area (Å²) in [6.45, 7) is 2.38. The molecule has 4 heteroatoms. The highest BCUT2D eigenvalue weighted by Crippen LogP contribution is 2.25. The average molecular weight is 293 g/mol. The Balaban J connectivity index is 2.23. The van der Waals surface area contributed by atoms with Crippen molar-refractivity contribution in [2.45, 2.75) is 50.0 Å². The number of hydrogen-bond acceptors (Lipinski definition) is 3. The lowest BCUT2D eigenvalue weighted by Crippen LogP contribution is -2.43. The van der Waals surface area contributed by atoms with Crippen LogP contribution in [0.25, 0.3) is 0 Å². The van der Waals surface area contributed by atoms with Gasteiger partial charge >= 0.3 is 0 Å². The van der Waals surface area contributed by atoms with Gasteiger partial charge in [0, 0.05) is 23.0 Å². The molecule has 0 saturated heterocycles. The molecule has 2 rings (SSSR count). The third kappa shape index (κ3) is 3.55. The third-order valence-corrected chi connectivity index (χ3v) is 4.35. The number of rotatable bonds is 4. The Morgan fingerprint density at radius 3 is 2.70 bits per heavy atom. The second-order valence-corrected chi connectivity index (χ2v) is 6.03. The summed E-state index contributed by atoms with van der Waals surface area (Å²) in [6, 6.07) is 5.92. The van der Waals surface area contributed by atoms with Crippen LogP contribution in [0.2, 0.25) is 0 Å². The van der Waals surface area contributed by atoms with Gasteiger partial charge in [-0.2, -0.15) is 0 Å². The SMILES string of the molecule is Cc1ccc(S)cc1C(=O)N(CCO)C1CCCCC1. The second kappa shape index (κ2) is 7.14. The summed E-state index contributed by atoms with van der Waals surface area (Å²) in [7, 11) is 0. The molecule has 0 radical (unpaired) electrons. The van der Waals surface area contributed by atoms with Crippen LogP contribution < -0.4 is 0 Å². The first-order valence-corrected chi connectivity index (χ1v) is 7.79. The topological polar surface area (TPSA) is 40.5 Å². The van der Waals surface area contributed by atoms with Crippen LogP contribution in [-0.2, 0) is 0 Å². The van der Waals surface area contributed by atoms with E-state index in [0.29, 0.717) is 12.1 Å². The van der Waals surface area contributed by atoms with Crippen LogP contribution in [0.3, 0.4) is 0 Å². The van der Waals surface area contributed by atoms with E-state index < -0.39 is 0 Å². The van der Waals surface area contributed by atoms with Gasteiger partial charge in [0.25, 0.3) is 5.91 Å². The number of carbonyl (C=O) groups is 1. The molecule has 1 saturated carbocycles. The van der Waals surface area contributed by atoms with E-state index >= 15 is 0 Å². The Kier molecular flexibility index (Phi) is 5.49. The first-order chi connectivity index (χ1) is 9.63. The Bertz CT molecular complexity index is 470. The zero-order valence-corrected chi connectivity index (χ0v) is 12.9. The van der Waals surface area contributed by atoms with Crippen molar-refractivity contribution in [3.63, 3.8) is 0 Å². The van der Waals surface area contributed by atoms with Crippen molar-refractivity contribution in [2.24, 2.45) is 0 Å². The standard InChI is InChI=1S/C16H23NO2S/c1-12-7-8-14(20)11-15(12)16(19)17(9-10-18)13-5-3-2-4-6-13/h7-8,11,13,18,20H,2-6,9-10H2,1H3. The van der Waals surface area contributed by atoms with Crippen molar-refractivity contribution in [3.8, 4) is 0 Å². The number of aryl methyl sites for hydroxylation is 1. The summed E-state index contributed by atoms with van der Waals surface area (Å²) in [5.41, 5.74) is 1.67. The van der Waals surface area contributed by atoms with E-state index in [9.17, 15) is 9.90 Å². The van der Waals surface area contributed by atoms with E-state index in [1.807, 2.05) is 30.0 Å². The summed E-state index contributed by atoms with van der Waals surface area (Å²) in [5.74, 6) is 0.0272. The fourth-order valence-corrected chi connectivity index (χ4v) is 3.15. The summed E-state index contributed by atoms with van der Waals surface area (Å²) in [5, 5.41) is 9.28. The van der Waals surface area contributed by atoms with Crippen LogP contribution in [0.4, 0.5) is 0 Å². The van der Waals surface area contributed by atoms with Gasteiger partial charge in [-0.15, -0.1) is 12.6 Å². The minimum Gasteiger partial charge on any atom is -0.395 e. The highest BCUT2D eigenvalue weighted by atomic mass is 32.1. The summed E-state index contributed by atoms with van der Waals surface area (Å²) in [4.78, 5) is 15.4. The number of benzene rings is 1. The van der Waals surface area contributed by atoms with Crippen LogP contribution in [0.15, 0.2) is 23.1 Å². The number of hydrogen-bond donors (Lipinski definition) is 2. The molecule has 0 atom stereocenters.